The third-order valence-electron chi connectivity index (χ3n) is 4.87. The quantitative estimate of drug-likeness (QED) is 0.572. The van der Waals surface area contributed by atoms with Crippen LogP contribution in [-0.4, -0.2) is 31.3 Å². The van der Waals surface area contributed by atoms with Gasteiger partial charge in [0.15, 0.2) is 0 Å². The van der Waals surface area contributed by atoms with Crippen LogP contribution in [-0.2, 0) is 9.53 Å². The van der Waals surface area contributed by atoms with Crippen molar-refractivity contribution >= 4 is 34.6 Å². The van der Waals surface area contributed by atoms with Gasteiger partial charge in [0.1, 0.15) is 13.3 Å². The highest BCUT2D eigenvalue weighted by Gasteiger charge is 2.46. The van der Waals surface area contributed by atoms with E-state index in [-0.39, 0.29) is 30.5 Å². The molecule has 124 valence electrons. The number of alkyl halides is 1. The standard InChI is InChI=1S/C18H21FINO2/c19-7-9-23-18(22)17-15(11-14-4-5-16(17)21-14)13-3-1-2-12(10-13)6-8-20/h1-3,6,8,10,14-17,21H,4-5,7,9,11H2/b8-6+/t14-,15+,16+,17-/m0/s1. The molecule has 5 heteroatoms. The minimum Gasteiger partial charge on any atom is -0.463 e. The second-order valence-electron chi connectivity index (χ2n) is 6.23. The van der Waals surface area contributed by atoms with E-state index in [0.29, 0.717) is 6.04 Å². The molecule has 3 nitrogen and oxygen atoms in total. The van der Waals surface area contributed by atoms with Crippen LogP contribution in [0.3, 0.4) is 0 Å². The molecule has 0 radical (unpaired) electrons. The molecule has 0 saturated carbocycles. The number of hydrogen-bond donors (Lipinski definition) is 1. The van der Waals surface area contributed by atoms with Crippen LogP contribution in [0.15, 0.2) is 28.3 Å². The molecule has 0 spiro atoms. The number of benzene rings is 1. The summed E-state index contributed by atoms with van der Waals surface area (Å²) in [6, 6.07) is 8.96. The predicted octanol–water partition coefficient (Wildman–Crippen LogP) is 3.83. The Bertz CT molecular complexity index is 592. The SMILES string of the molecule is O=C(OCCF)[C@H]1[C@@H](c2cccc(/C=C/I)c2)C[C@@H]2CC[C@H]1N2. The van der Waals surface area contributed by atoms with Crippen LogP contribution in [0.5, 0.6) is 0 Å². The van der Waals surface area contributed by atoms with Gasteiger partial charge in [-0.3, -0.25) is 4.79 Å². The number of hydrogen-bond acceptors (Lipinski definition) is 3. The molecule has 2 aliphatic rings. The molecule has 0 unspecified atom stereocenters. The van der Waals surface area contributed by atoms with Gasteiger partial charge in [0, 0.05) is 18.0 Å². The van der Waals surface area contributed by atoms with Crippen LogP contribution in [0, 0.1) is 5.92 Å². The fraction of sp³-hybridized carbons (Fsp3) is 0.500. The molecule has 1 aromatic carbocycles. The average molecular weight is 429 g/mol. The highest BCUT2D eigenvalue weighted by molar-refractivity contribution is 14.1. The Balaban J connectivity index is 1.87. The third-order valence-corrected chi connectivity index (χ3v) is 5.23. The summed E-state index contributed by atoms with van der Waals surface area (Å²) < 4.78 is 19.5. The highest BCUT2D eigenvalue weighted by Crippen LogP contribution is 2.42. The maximum absolute atomic E-state index is 12.5. The monoisotopic (exact) mass is 429 g/mol. The van der Waals surface area contributed by atoms with Crippen molar-refractivity contribution in [3.8, 4) is 0 Å². The van der Waals surface area contributed by atoms with E-state index in [4.69, 9.17) is 4.74 Å². The van der Waals surface area contributed by atoms with Gasteiger partial charge in [-0.15, -0.1) is 0 Å². The van der Waals surface area contributed by atoms with E-state index in [1.807, 2.05) is 10.1 Å². The fourth-order valence-corrected chi connectivity index (χ4v) is 4.34. The molecular formula is C18H21FINO2. The van der Waals surface area contributed by atoms with E-state index in [2.05, 4.69) is 52.2 Å². The topological polar surface area (TPSA) is 38.3 Å². The van der Waals surface area contributed by atoms with Crippen molar-refractivity contribution in [3.63, 3.8) is 0 Å². The normalized spacial score (nSPS) is 29.8. The zero-order valence-electron chi connectivity index (χ0n) is 12.9. The first-order valence-electron chi connectivity index (χ1n) is 8.08. The summed E-state index contributed by atoms with van der Waals surface area (Å²) in [5.74, 6) is -0.345. The van der Waals surface area contributed by atoms with E-state index in [1.54, 1.807) is 0 Å². The van der Waals surface area contributed by atoms with Crippen molar-refractivity contribution in [2.75, 3.05) is 13.3 Å². The largest absolute Gasteiger partial charge is 0.463 e. The molecule has 0 amide bonds. The molecule has 1 N–H and O–H groups in total. The first-order chi connectivity index (χ1) is 11.2. The van der Waals surface area contributed by atoms with Gasteiger partial charge < -0.3 is 10.1 Å². The van der Waals surface area contributed by atoms with Gasteiger partial charge >= 0.3 is 5.97 Å². The van der Waals surface area contributed by atoms with Crippen molar-refractivity contribution in [1.82, 2.24) is 5.32 Å². The van der Waals surface area contributed by atoms with Gasteiger partial charge in [0.25, 0.3) is 0 Å². The Morgan fingerprint density at radius 2 is 2.30 bits per heavy atom. The Morgan fingerprint density at radius 3 is 3.09 bits per heavy atom. The number of carbonyl (C=O) groups is 1. The van der Waals surface area contributed by atoms with Gasteiger partial charge in [-0.1, -0.05) is 46.9 Å². The summed E-state index contributed by atoms with van der Waals surface area (Å²) in [5, 5.41) is 3.53. The minimum atomic E-state index is -0.625. The lowest BCUT2D eigenvalue weighted by Gasteiger charge is -2.36. The highest BCUT2D eigenvalue weighted by atomic mass is 127. The van der Waals surface area contributed by atoms with Gasteiger partial charge in [-0.25, -0.2) is 4.39 Å². The van der Waals surface area contributed by atoms with Crippen LogP contribution < -0.4 is 5.32 Å². The predicted molar refractivity (Wildman–Crippen MR) is 97.2 cm³/mol. The number of piperidine rings is 1. The Hall–Kier alpha value is -0.950. The van der Waals surface area contributed by atoms with Crippen molar-refractivity contribution in [3.05, 3.63) is 39.5 Å². The molecule has 2 bridgehead atoms. The Morgan fingerprint density at radius 1 is 1.43 bits per heavy atom. The second-order valence-corrected chi connectivity index (χ2v) is 6.95. The summed E-state index contributed by atoms with van der Waals surface area (Å²) in [4.78, 5) is 12.5. The Kier molecular flexibility index (Phi) is 5.69. The maximum atomic E-state index is 12.5. The summed E-state index contributed by atoms with van der Waals surface area (Å²) in [6.07, 6.45) is 5.07. The van der Waals surface area contributed by atoms with Crippen LogP contribution in [0.4, 0.5) is 4.39 Å². The Labute approximate surface area is 149 Å². The number of ether oxygens (including phenoxy) is 1. The van der Waals surface area contributed by atoms with E-state index < -0.39 is 6.67 Å². The number of fused-ring (bicyclic) bond motifs is 2. The second kappa shape index (κ2) is 7.75. The lowest BCUT2D eigenvalue weighted by Crippen LogP contribution is -2.48. The summed E-state index contributed by atoms with van der Waals surface area (Å²) in [7, 11) is 0. The van der Waals surface area contributed by atoms with Crippen molar-refractivity contribution in [2.45, 2.75) is 37.3 Å². The molecule has 2 aliphatic heterocycles. The van der Waals surface area contributed by atoms with Gasteiger partial charge in [-0.05, 0) is 40.5 Å². The van der Waals surface area contributed by atoms with E-state index in [0.717, 1.165) is 24.8 Å². The molecule has 2 heterocycles. The van der Waals surface area contributed by atoms with Crippen LogP contribution in [0.1, 0.15) is 36.3 Å². The van der Waals surface area contributed by atoms with E-state index in [9.17, 15) is 9.18 Å². The zero-order chi connectivity index (χ0) is 16.2. The first kappa shape index (κ1) is 16.9. The average Bonchev–Trinajstić information content (AvgIpc) is 2.94. The molecule has 4 atom stereocenters. The number of rotatable bonds is 5. The lowest BCUT2D eigenvalue weighted by molar-refractivity contribution is -0.151. The fourth-order valence-electron chi connectivity index (χ4n) is 3.93. The van der Waals surface area contributed by atoms with Crippen molar-refractivity contribution in [1.29, 1.82) is 0 Å². The molecule has 23 heavy (non-hydrogen) atoms. The van der Waals surface area contributed by atoms with Crippen LogP contribution >= 0.6 is 22.6 Å². The van der Waals surface area contributed by atoms with E-state index in [1.165, 1.54) is 5.56 Å². The van der Waals surface area contributed by atoms with Crippen molar-refractivity contribution < 1.29 is 13.9 Å². The van der Waals surface area contributed by atoms with Gasteiger partial charge in [-0.2, -0.15) is 0 Å². The molecule has 0 aliphatic carbocycles. The van der Waals surface area contributed by atoms with Crippen LogP contribution in [0.2, 0.25) is 0 Å². The summed E-state index contributed by atoms with van der Waals surface area (Å²) >= 11 is 2.20. The van der Waals surface area contributed by atoms with Crippen molar-refractivity contribution in [2.24, 2.45) is 5.92 Å². The zero-order valence-corrected chi connectivity index (χ0v) is 15.0. The maximum Gasteiger partial charge on any atom is 0.311 e. The molecule has 1 aromatic rings. The summed E-state index contributed by atoms with van der Waals surface area (Å²) in [6.45, 7) is -0.768. The van der Waals surface area contributed by atoms with Gasteiger partial charge in [0.2, 0.25) is 0 Å². The molecule has 0 aromatic heterocycles. The molecule has 2 fully saturated rings. The minimum absolute atomic E-state index is 0.142. The van der Waals surface area contributed by atoms with Gasteiger partial charge in [0.05, 0.1) is 5.92 Å². The smallest absolute Gasteiger partial charge is 0.311 e. The van der Waals surface area contributed by atoms with E-state index >= 15 is 0 Å². The number of carbonyl (C=O) groups excluding carboxylic acids is 1. The summed E-state index contributed by atoms with van der Waals surface area (Å²) in [5.41, 5.74) is 2.32. The van der Waals surface area contributed by atoms with Crippen LogP contribution in [0.25, 0.3) is 6.08 Å². The number of nitrogens with one attached hydrogen (secondary N) is 1. The first-order valence-corrected chi connectivity index (χ1v) is 9.33. The number of esters is 1. The molecular weight excluding hydrogens is 408 g/mol. The third kappa shape index (κ3) is 3.76. The molecule has 3 rings (SSSR count). The lowest BCUT2D eigenvalue weighted by atomic mass is 9.76. The number of halogens is 2. The molecule has 2 saturated heterocycles.